The minimum Gasteiger partial charge on any atom is -0.444 e. The van der Waals surface area contributed by atoms with Gasteiger partial charge in [-0.3, -0.25) is 0 Å². The molecular formula is C11H20FNO3. The number of piperidine rings is 1. The smallest absolute Gasteiger partial charge is 0.410 e. The Balaban J connectivity index is 2.60. The normalized spacial score (nSPS) is 31.4. The summed E-state index contributed by atoms with van der Waals surface area (Å²) in [5.41, 5.74) is -2.05. The molecule has 1 fully saturated rings. The predicted molar refractivity (Wildman–Crippen MR) is 57.9 cm³/mol. The average Bonchev–Trinajstić information content (AvgIpc) is 2.06. The topological polar surface area (TPSA) is 49.8 Å². The molecule has 1 unspecified atom stereocenters. The summed E-state index contributed by atoms with van der Waals surface area (Å²) in [5, 5.41) is 9.74. The summed E-state index contributed by atoms with van der Waals surface area (Å²) in [6.45, 7) is 6.96. The summed E-state index contributed by atoms with van der Waals surface area (Å²) in [4.78, 5) is 13.0. The molecule has 16 heavy (non-hydrogen) atoms. The lowest BCUT2D eigenvalue weighted by Gasteiger charge is -2.39. The van der Waals surface area contributed by atoms with E-state index in [2.05, 4.69) is 0 Å². The molecule has 0 bridgehead atoms. The number of β-amino-alcohol motifs (C(OH)–C–C–N with tert-alkyl or cyclic N) is 1. The first-order valence-corrected chi connectivity index (χ1v) is 5.46. The summed E-state index contributed by atoms with van der Waals surface area (Å²) < 4.78 is 18.5. The van der Waals surface area contributed by atoms with Crippen molar-refractivity contribution in [2.75, 3.05) is 13.1 Å². The summed E-state index contributed by atoms with van der Waals surface area (Å²) in [6, 6.07) is 0. The molecule has 0 spiro atoms. The number of carbonyl (C=O) groups excluding carboxylic acids is 1. The van der Waals surface area contributed by atoms with Crippen molar-refractivity contribution in [2.24, 2.45) is 0 Å². The van der Waals surface area contributed by atoms with E-state index in [4.69, 9.17) is 4.74 Å². The van der Waals surface area contributed by atoms with Gasteiger partial charge in [0.15, 0.2) is 0 Å². The number of amides is 1. The van der Waals surface area contributed by atoms with Crippen LogP contribution < -0.4 is 0 Å². The van der Waals surface area contributed by atoms with Crippen molar-refractivity contribution in [1.82, 2.24) is 4.90 Å². The van der Waals surface area contributed by atoms with Crippen molar-refractivity contribution >= 4 is 6.09 Å². The average molecular weight is 233 g/mol. The van der Waals surface area contributed by atoms with Gasteiger partial charge in [0.05, 0.1) is 6.54 Å². The molecule has 1 rings (SSSR count). The molecule has 1 aliphatic heterocycles. The van der Waals surface area contributed by atoms with Crippen LogP contribution in [0.25, 0.3) is 0 Å². The number of rotatable bonds is 0. The van der Waals surface area contributed by atoms with Gasteiger partial charge < -0.3 is 14.7 Å². The third-order valence-corrected chi connectivity index (χ3v) is 2.49. The monoisotopic (exact) mass is 233 g/mol. The predicted octanol–water partition coefficient (Wildman–Crippen LogP) is 1.72. The van der Waals surface area contributed by atoms with Crippen LogP contribution >= 0.6 is 0 Å². The highest BCUT2D eigenvalue weighted by atomic mass is 19.1. The zero-order chi connectivity index (χ0) is 12.6. The van der Waals surface area contributed by atoms with Gasteiger partial charge in [-0.1, -0.05) is 0 Å². The first-order valence-electron chi connectivity index (χ1n) is 5.46. The zero-order valence-corrected chi connectivity index (χ0v) is 10.3. The molecular weight excluding hydrogens is 213 g/mol. The minimum absolute atomic E-state index is 0.0247. The van der Waals surface area contributed by atoms with Gasteiger partial charge in [0.1, 0.15) is 17.4 Å². The second-order valence-electron chi connectivity index (χ2n) is 5.52. The van der Waals surface area contributed by atoms with Crippen LogP contribution in [0.2, 0.25) is 0 Å². The molecule has 1 heterocycles. The van der Waals surface area contributed by atoms with Gasteiger partial charge in [-0.25, -0.2) is 9.18 Å². The lowest BCUT2D eigenvalue weighted by Crippen LogP contribution is -2.55. The number of carbonyl (C=O) groups is 1. The first kappa shape index (κ1) is 13.2. The molecule has 1 aliphatic rings. The fourth-order valence-corrected chi connectivity index (χ4v) is 1.63. The molecule has 94 valence electrons. The highest BCUT2D eigenvalue weighted by Crippen LogP contribution is 2.25. The second kappa shape index (κ2) is 4.20. The molecule has 1 N–H and O–H groups in total. The summed E-state index contributed by atoms with van der Waals surface area (Å²) >= 11 is 0. The van der Waals surface area contributed by atoms with E-state index in [9.17, 15) is 14.3 Å². The highest BCUT2D eigenvalue weighted by molar-refractivity contribution is 5.68. The number of aliphatic hydroxyl groups is 1. The second-order valence-corrected chi connectivity index (χ2v) is 5.52. The Morgan fingerprint density at radius 1 is 1.56 bits per heavy atom. The molecule has 2 atom stereocenters. The first-order chi connectivity index (χ1) is 7.12. The maximum atomic E-state index is 13.3. The number of halogens is 1. The Morgan fingerprint density at radius 2 is 2.12 bits per heavy atom. The summed E-state index contributed by atoms with van der Waals surface area (Å²) in [5.74, 6) is 0. The third kappa shape index (κ3) is 3.33. The number of hydrogen-bond donors (Lipinski definition) is 1. The molecule has 0 radical (unpaired) electrons. The van der Waals surface area contributed by atoms with Gasteiger partial charge in [-0.05, 0) is 34.1 Å². The summed E-state index contributed by atoms with van der Waals surface area (Å²) in [7, 11) is 0. The largest absolute Gasteiger partial charge is 0.444 e. The molecule has 0 aromatic carbocycles. The molecule has 0 saturated carbocycles. The van der Waals surface area contributed by atoms with E-state index in [0.29, 0.717) is 0 Å². The molecule has 4 nitrogen and oxygen atoms in total. The highest BCUT2D eigenvalue weighted by Gasteiger charge is 2.40. The van der Waals surface area contributed by atoms with E-state index < -0.39 is 23.5 Å². The maximum absolute atomic E-state index is 13.3. The van der Waals surface area contributed by atoms with Crippen molar-refractivity contribution in [3.8, 4) is 0 Å². The van der Waals surface area contributed by atoms with E-state index in [1.807, 2.05) is 0 Å². The third-order valence-electron chi connectivity index (χ3n) is 2.49. The van der Waals surface area contributed by atoms with Gasteiger partial charge in [0, 0.05) is 6.54 Å². The van der Waals surface area contributed by atoms with Crippen LogP contribution in [0.5, 0.6) is 0 Å². The number of hydrogen-bond acceptors (Lipinski definition) is 3. The van der Waals surface area contributed by atoms with Crippen LogP contribution in [-0.4, -0.2) is 46.6 Å². The lowest BCUT2D eigenvalue weighted by atomic mass is 9.93. The number of nitrogens with zero attached hydrogens (tertiary/aromatic N) is 1. The van der Waals surface area contributed by atoms with Crippen molar-refractivity contribution in [3.05, 3.63) is 0 Å². The molecule has 0 aliphatic carbocycles. The van der Waals surface area contributed by atoms with E-state index in [0.717, 1.165) is 0 Å². The van der Waals surface area contributed by atoms with Crippen molar-refractivity contribution in [3.63, 3.8) is 0 Å². The van der Waals surface area contributed by atoms with E-state index in [-0.39, 0.29) is 19.5 Å². The molecule has 1 amide bonds. The Kier molecular flexibility index (Phi) is 3.47. The molecule has 0 aromatic rings. The number of likely N-dealkylation sites (tertiary alicyclic amines) is 1. The Bertz CT molecular complexity index is 273. The Morgan fingerprint density at radius 3 is 2.56 bits per heavy atom. The minimum atomic E-state index is -1.48. The van der Waals surface area contributed by atoms with Crippen LogP contribution in [0.15, 0.2) is 0 Å². The van der Waals surface area contributed by atoms with Crippen molar-refractivity contribution in [2.45, 2.75) is 51.5 Å². The van der Waals surface area contributed by atoms with Gasteiger partial charge >= 0.3 is 6.09 Å². The molecule has 5 heteroatoms. The maximum Gasteiger partial charge on any atom is 0.410 e. The van der Waals surface area contributed by atoms with E-state index in [1.165, 1.54) is 11.8 Å². The zero-order valence-electron chi connectivity index (χ0n) is 10.3. The fraction of sp³-hybridized carbons (Fsp3) is 0.909. The van der Waals surface area contributed by atoms with E-state index >= 15 is 0 Å². The summed E-state index contributed by atoms with van der Waals surface area (Å²) in [6.07, 6.45) is -1.64. The van der Waals surface area contributed by atoms with Crippen LogP contribution in [0.1, 0.15) is 34.1 Å². The fourth-order valence-electron chi connectivity index (χ4n) is 1.63. The molecule has 0 aromatic heterocycles. The Hall–Kier alpha value is -0.840. The SMILES string of the molecule is CC(C)(C)OC(=O)N1CCC(F)[C@](C)(O)C1. The van der Waals surface area contributed by atoms with Crippen molar-refractivity contribution < 1.29 is 19.0 Å². The van der Waals surface area contributed by atoms with Crippen LogP contribution in [0, 0.1) is 0 Å². The molecule has 1 saturated heterocycles. The van der Waals surface area contributed by atoms with Gasteiger partial charge in [-0.15, -0.1) is 0 Å². The quantitative estimate of drug-likeness (QED) is 0.693. The van der Waals surface area contributed by atoms with Gasteiger partial charge in [0.2, 0.25) is 0 Å². The van der Waals surface area contributed by atoms with Crippen LogP contribution in [-0.2, 0) is 4.74 Å². The Labute approximate surface area is 95.4 Å². The number of ether oxygens (including phenoxy) is 1. The lowest BCUT2D eigenvalue weighted by molar-refractivity contribution is -0.0780. The number of alkyl halides is 1. The van der Waals surface area contributed by atoms with Gasteiger partial charge in [-0.2, -0.15) is 0 Å². The van der Waals surface area contributed by atoms with Gasteiger partial charge in [0.25, 0.3) is 0 Å². The van der Waals surface area contributed by atoms with Crippen molar-refractivity contribution in [1.29, 1.82) is 0 Å². The van der Waals surface area contributed by atoms with Crippen LogP contribution in [0.4, 0.5) is 9.18 Å². The van der Waals surface area contributed by atoms with E-state index in [1.54, 1.807) is 20.8 Å². The van der Waals surface area contributed by atoms with Crippen LogP contribution in [0.3, 0.4) is 0 Å². The standard InChI is InChI=1S/C11H20FNO3/c1-10(2,3)16-9(14)13-6-5-8(12)11(4,15)7-13/h8,15H,5-7H2,1-4H3/t8?,11-/m1/s1.